The van der Waals surface area contributed by atoms with Crippen LogP contribution in [-0.4, -0.2) is 25.7 Å². The summed E-state index contributed by atoms with van der Waals surface area (Å²) in [4.78, 5) is 4.30. The summed E-state index contributed by atoms with van der Waals surface area (Å²) < 4.78 is 5.62. The first-order valence-electron chi connectivity index (χ1n) is 8.74. The molecule has 26 heavy (non-hydrogen) atoms. The molecule has 0 aliphatic heterocycles. The Morgan fingerprint density at radius 2 is 1.77 bits per heavy atom. The number of nitrogens with zero attached hydrogens (tertiary/aromatic N) is 1. The lowest BCUT2D eigenvalue weighted by atomic mass is 10.1. The summed E-state index contributed by atoms with van der Waals surface area (Å²) in [6.07, 6.45) is 0.257. The number of aliphatic imine (C=N–C) groups is 1. The second kappa shape index (κ2) is 12.3. The topological polar surface area (TPSA) is 45.7 Å². The molecule has 0 amide bonds. The van der Waals surface area contributed by atoms with Crippen LogP contribution in [-0.2, 0) is 17.9 Å². The van der Waals surface area contributed by atoms with Crippen molar-refractivity contribution in [3.8, 4) is 0 Å². The molecule has 0 bridgehead atoms. The number of guanidine groups is 1. The molecule has 0 aliphatic rings. The lowest BCUT2D eigenvalue weighted by Gasteiger charge is -2.15. The second-order valence-electron chi connectivity index (χ2n) is 6.44. The zero-order valence-electron chi connectivity index (χ0n) is 16.0. The molecule has 0 saturated heterocycles. The van der Waals surface area contributed by atoms with E-state index in [9.17, 15) is 0 Å². The van der Waals surface area contributed by atoms with Crippen molar-refractivity contribution in [1.82, 2.24) is 10.6 Å². The molecular formula is C20H30IN3OS. The van der Waals surface area contributed by atoms with Gasteiger partial charge >= 0.3 is 0 Å². The summed E-state index contributed by atoms with van der Waals surface area (Å²) in [6, 6.07) is 10.7. The highest BCUT2D eigenvalue weighted by Crippen LogP contribution is 2.17. The van der Waals surface area contributed by atoms with Crippen LogP contribution in [0.2, 0.25) is 0 Å². The Balaban J connectivity index is 0.00000338. The molecule has 144 valence electrons. The Bertz CT molecular complexity index is 642. The molecule has 2 aromatic rings. The average Bonchev–Trinajstić information content (AvgIpc) is 3.15. The van der Waals surface area contributed by atoms with Crippen molar-refractivity contribution in [2.24, 2.45) is 4.99 Å². The fourth-order valence-corrected chi connectivity index (χ4v) is 3.13. The van der Waals surface area contributed by atoms with E-state index in [-0.39, 0.29) is 30.1 Å². The van der Waals surface area contributed by atoms with Crippen molar-refractivity contribution in [1.29, 1.82) is 0 Å². The van der Waals surface area contributed by atoms with Crippen molar-refractivity contribution in [2.75, 3.05) is 13.6 Å². The molecule has 1 atom stereocenters. The predicted octanol–water partition coefficient (Wildman–Crippen LogP) is 4.76. The van der Waals surface area contributed by atoms with E-state index in [1.165, 1.54) is 16.7 Å². The van der Waals surface area contributed by atoms with Crippen LogP contribution < -0.4 is 10.6 Å². The van der Waals surface area contributed by atoms with Gasteiger partial charge in [0.1, 0.15) is 0 Å². The molecule has 1 unspecified atom stereocenters. The van der Waals surface area contributed by atoms with Crippen molar-refractivity contribution in [3.63, 3.8) is 0 Å². The Morgan fingerprint density at radius 3 is 2.35 bits per heavy atom. The first-order valence-corrected chi connectivity index (χ1v) is 9.68. The summed E-state index contributed by atoms with van der Waals surface area (Å²) in [5, 5.41) is 11.1. The number of ether oxygens (including phenoxy) is 1. The van der Waals surface area contributed by atoms with Gasteiger partial charge in [-0.15, -0.1) is 24.0 Å². The smallest absolute Gasteiger partial charge is 0.191 e. The maximum atomic E-state index is 5.62. The van der Waals surface area contributed by atoms with Crippen LogP contribution in [0.25, 0.3) is 0 Å². The quantitative estimate of drug-likeness (QED) is 0.321. The van der Waals surface area contributed by atoms with Crippen LogP contribution in [0.5, 0.6) is 0 Å². The van der Waals surface area contributed by atoms with Crippen molar-refractivity contribution >= 4 is 41.3 Å². The standard InChI is InChI=1S/C20H29N3OS.HI/c1-15(2)24-13-18-7-5-17(6-8-18)12-23-20(21-4)22-11-16(3)19-9-10-25-14-19;/h5-10,14-16H,11-13H2,1-4H3,(H2,21,22,23);1H. The Kier molecular flexibility index (Phi) is 10.8. The molecule has 1 aromatic heterocycles. The summed E-state index contributed by atoms with van der Waals surface area (Å²) in [5.74, 6) is 1.29. The molecule has 0 spiro atoms. The lowest BCUT2D eigenvalue weighted by Crippen LogP contribution is -2.38. The van der Waals surface area contributed by atoms with Gasteiger partial charge in [-0.2, -0.15) is 11.3 Å². The SMILES string of the molecule is CN=C(NCc1ccc(COC(C)C)cc1)NCC(C)c1ccsc1.I. The lowest BCUT2D eigenvalue weighted by molar-refractivity contribution is 0.0657. The van der Waals surface area contributed by atoms with Crippen LogP contribution >= 0.6 is 35.3 Å². The summed E-state index contributed by atoms with van der Waals surface area (Å²) >= 11 is 1.74. The summed E-state index contributed by atoms with van der Waals surface area (Å²) in [5.41, 5.74) is 3.79. The van der Waals surface area contributed by atoms with E-state index in [2.05, 4.69) is 77.5 Å². The predicted molar refractivity (Wildman–Crippen MR) is 123 cm³/mol. The van der Waals surface area contributed by atoms with Gasteiger partial charge in [0.15, 0.2) is 5.96 Å². The van der Waals surface area contributed by atoms with Crippen LogP contribution in [0.1, 0.15) is 43.4 Å². The molecule has 0 saturated carbocycles. The van der Waals surface area contributed by atoms with Gasteiger partial charge in [-0.25, -0.2) is 0 Å². The van der Waals surface area contributed by atoms with Gasteiger partial charge in [-0.05, 0) is 53.3 Å². The summed E-state index contributed by atoms with van der Waals surface area (Å²) in [7, 11) is 1.80. The van der Waals surface area contributed by atoms with E-state index in [1.54, 1.807) is 18.4 Å². The van der Waals surface area contributed by atoms with Gasteiger partial charge in [0.25, 0.3) is 0 Å². The Labute approximate surface area is 178 Å². The number of hydrogen-bond donors (Lipinski definition) is 2. The van der Waals surface area contributed by atoms with Crippen molar-refractivity contribution < 1.29 is 4.74 Å². The fourth-order valence-electron chi connectivity index (χ4n) is 2.35. The molecule has 2 N–H and O–H groups in total. The number of rotatable bonds is 8. The zero-order valence-corrected chi connectivity index (χ0v) is 19.1. The highest BCUT2D eigenvalue weighted by atomic mass is 127. The van der Waals surface area contributed by atoms with Crippen LogP contribution in [0.3, 0.4) is 0 Å². The van der Waals surface area contributed by atoms with E-state index in [4.69, 9.17) is 4.74 Å². The number of thiophene rings is 1. The third kappa shape index (κ3) is 8.05. The van der Waals surface area contributed by atoms with Gasteiger partial charge in [0.2, 0.25) is 0 Å². The summed E-state index contributed by atoms with van der Waals surface area (Å²) in [6.45, 7) is 8.60. The molecule has 4 nitrogen and oxygen atoms in total. The largest absolute Gasteiger partial charge is 0.374 e. The molecular weight excluding hydrogens is 457 g/mol. The third-order valence-electron chi connectivity index (χ3n) is 3.98. The first kappa shape index (κ1) is 22.9. The number of halogens is 1. The maximum Gasteiger partial charge on any atom is 0.191 e. The second-order valence-corrected chi connectivity index (χ2v) is 7.22. The minimum Gasteiger partial charge on any atom is -0.374 e. The van der Waals surface area contributed by atoms with Crippen molar-refractivity contribution in [2.45, 2.75) is 45.9 Å². The minimum atomic E-state index is 0. The van der Waals surface area contributed by atoms with E-state index in [0.717, 1.165) is 19.0 Å². The van der Waals surface area contributed by atoms with E-state index in [0.29, 0.717) is 12.5 Å². The van der Waals surface area contributed by atoms with E-state index >= 15 is 0 Å². The molecule has 0 fully saturated rings. The van der Waals surface area contributed by atoms with Gasteiger partial charge in [-0.1, -0.05) is 31.2 Å². The van der Waals surface area contributed by atoms with Gasteiger partial charge in [0.05, 0.1) is 12.7 Å². The van der Waals surface area contributed by atoms with Gasteiger partial charge in [-0.3, -0.25) is 4.99 Å². The maximum absolute atomic E-state index is 5.62. The molecule has 6 heteroatoms. The normalized spacial score (nSPS) is 12.6. The molecule has 1 heterocycles. The van der Waals surface area contributed by atoms with Crippen LogP contribution in [0.15, 0.2) is 46.1 Å². The Hall–Kier alpha value is -1.12. The third-order valence-corrected chi connectivity index (χ3v) is 4.68. The average molecular weight is 487 g/mol. The zero-order chi connectivity index (χ0) is 18.1. The molecule has 2 rings (SSSR count). The highest BCUT2D eigenvalue weighted by Gasteiger charge is 2.07. The minimum absolute atomic E-state index is 0. The van der Waals surface area contributed by atoms with Crippen LogP contribution in [0, 0.1) is 0 Å². The number of nitrogens with one attached hydrogen (secondary N) is 2. The van der Waals surface area contributed by atoms with E-state index < -0.39 is 0 Å². The Morgan fingerprint density at radius 1 is 1.08 bits per heavy atom. The van der Waals surface area contributed by atoms with Crippen LogP contribution in [0.4, 0.5) is 0 Å². The molecule has 0 radical (unpaired) electrons. The molecule has 0 aliphatic carbocycles. The highest BCUT2D eigenvalue weighted by molar-refractivity contribution is 14.0. The van der Waals surface area contributed by atoms with Gasteiger partial charge in [0, 0.05) is 20.1 Å². The monoisotopic (exact) mass is 487 g/mol. The van der Waals surface area contributed by atoms with Gasteiger partial charge < -0.3 is 15.4 Å². The molecule has 1 aromatic carbocycles. The number of hydrogen-bond acceptors (Lipinski definition) is 3. The number of benzene rings is 1. The first-order chi connectivity index (χ1) is 12.1. The van der Waals surface area contributed by atoms with Crippen molar-refractivity contribution in [3.05, 3.63) is 57.8 Å². The fraction of sp³-hybridized carbons (Fsp3) is 0.450. The van der Waals surface area contributed by atoms with E-state index in [1.807, 2.05) is 0 Å².